The second kappa shape index (κ2) is 10.7. The van der Waals surface area contributed by atoms with Gasteiger partial charge in [-0.05, 0) is 0 Å². The molecular formula is C16H23N3O6. The highest BCUT2D eigenvalue weighted by atomic mass is 16.5. The second-order valence-corrected chi connectivity index (χ2v) is 5.82. The minimum atomic E-state index is -0.693. The van der Waals surface area contributed by atoms with Crippen LogP contribution in [0.15, 0.2) is 12.2 Å². The molecule has 0 aromatic carbocycles. The summed E-state index contributed by atoms with van der Waals surface area (Å²) in [5.74, 6) is -1.99. The van der Waals surface area contributed by atoms with E-state index in [4.69, 9.17) is 20.8 Å². The highest BCUT2D eigenvalue weighted by molar-refractivity contribution is 6.22. The number of nitrogens with one attached hydrogen (secondary N) is 1. The third-order valence-electron chi connectivity index (χ3n) is 3.04. The highest BCUT2D eigenvalue weighted by Crippen LogP contribution is 2.07. The number of ether oxygens (including phenoxy) is 3. The van der Waals surface area contributed by atoms with Gasteiger partial charge in [-0.25, -0.2) is 11.5 Å². The van der Waals surface area contributed by atoms with E-state index in [-0.39, 0.29) is 19.8 Å². The van der Waals surface area contributed by atoms with E-state index in [0.29, 0.717) is 31.4 Å². The van der Waals surface area contributed by atoms with Crippen LogP contribution in [0.4, 0.5) is 0 Å². The zero-order valence-corrected chi connectivity index (χ0v) is 14.4. The van der Waals surface area contributed by atoms with Crippen LogP contribution >= 0.6 is 0 Å². The molecule has 1 aliphatic heterocycles. The number of nitrogens with zero attached hydrogens (tertiary/aromatic N) is 2. The summed E-state index contributed by atoms with van der Waals surface area (Å²) < 4.78 is 15.7. The molecule has 0 aliphatic carbocycles. The third kappa shape index (κ3) is 8.00. The van der Waals surface area contributed by atoms with E-state index in [1.54, 1.807) is 13.8 Å². The van der Waals surface area contributed by atoms with Crippen molar-refractivity contribution in [1.82, 2.24) is 10.2 Å². The van der Waals surface area contributed by atoms with Gasteiger partial charge < -0.3 is 19.1 Å². The van der Waals surface area contributed by atoms with Gasteiger partial charge in [-0.2, -0.15) is 0 Å². The van der Waals surface area contributed by atoms with Gasteiger partial charge in [-0.1, -0.05) is 0 Å². The van der Waals surface area contributed by atoms with E-state index in [0.717, 1.165) is 12.2 Å². The number of rotatable bonds is 12. The Labute approximate surface area is 146 Å². The molecule has 1 N–H and O–H groups in total. The summed E-state index contributed by atoms with van der Waals surface area (Å²) in [5, 5.41) is 3.00. The Kier molecular flexibility index (Phi) is 8.94. The predicted molar refractivity (Wildman–Crippen MR) is 87.1 cm³/mol. The number of carbonyl (C=O) groups excluding carboxylic acids is 3. The van der Waals surface area contributed by atoms with Crippen LogP contribution in [-0.4, -0.2) is 74.5 Å². The van der Waals surface area contributed by atoms with Gasteiger partial charge >= 0.3 is 0 Å². The number of amides is 3. The largest absolute Gasteiger partial charge is 0.378 e. The molecule has 0 radical (unpaired) electrons. The summed E-state index contributed by atoms with van der Waals surface area (Å²) in [6.45, 7) is 12.3. The van der Waals surface area contributed by atoms with Crippen LogP contribution in [-0.2, 0) is 28.6 Å². The second-order valence-electron chi connectivity index (χ2n) is 5.82. The van der Waals surface area contributed by atoms with Crippen LogP contribution in [0.1, 0.15) is 13.8 Å². The smallest absolute Gasteiger partial charge is 0.262 e. The summed E-state index contributed by atoms with van der Waals surface area (Å²) in [7, 11) is 0. The number of carbonyl (C=O) groups is 3. The van der Waals surface area contributed by atoms with Crippen molar-refractivity contribution in [3.63, 3.8) is 0 Å². The number of hydrogen-bond acceptors (Lipinski definition) is 7. The van der Waals surface area contributed by atoms with Crippen molar-refractivity contribution < 1.29 is 28.6 Å². The van der Waals surface area contributed by atoms with Crippen molar-refractivity contribution in [3.8, 4) is 0 Å². The van der Waals surface area contributed by atoms with E-state index < -0.39 is 23.3 Å². The first-order valence-electron chi connectivity index (χ1n) is 7.79. The minimum absolute atomic E-state index is 0.172. The molecule has 138 valence electrons. The van der Waals surface area contributed by atoms with Gasteiger partial charge in [-0.15, -0.1) is 0 Å². The maximum Gasteiger partial charge on any atom is 0.262 e. The van der Waals surface area contributed by atoms with Gasteiger partial charge in [0, 0.05) is 32.5 Å². The van der Waals surface area contributed by atoms with E-state index in [2.05, 4.69) is 10.2 Å². The quantitative estimate of drug-likeness (QED) is 0.223. The zero-order chi connectivity index (χ0) is 18.7. The molecular weight excluding hydrogens is 330 g/mol. The van der Waals surface area contributed by atoms with Gasteiger partial charge in [0.25, 0.3) is 17.7 Å². The first-order chi connectivity index (χ1) is 11.9. The monoisotopic (exact) mass is 353 g/mol. The topological polar surface area (TPSA) is 98.5 Å². The molecule has 1 rings (SSSR count). The molecule has 9 nitrogen and oxygen atoms in total. The number of imide groups is 3. The standard InChI is InChI=1S/C16H23N3O6/c1-16(2,17-3)11-25-12-18-6-7-23-8-9-24-10-15(22)19-13(20)4-5-14(19)21/h4-5,18H,6-12H2,1-2H3. The summed E-state index contributed by atoms with van der Waals surface area (Å²) in [4.78, 5) is 38.1. The molecule has 0 fully saturated rings. The van der Waals surface area contributed by atoms with Crippen molar-refractivity contribution >= 4 is 17.7 Å². The van der Waals surface area contributed by atoms with Crippen molar-refractivity contribution in [3.05, 3.63) is 23.6 Å². The Morgan fingerprint density at radius 3 is 2.44 bits per heavy atom. The average molecular weight is 353 g/mol. The molecule has 3 amide bonds. The molecule has 0 unspecified atom stereocenters. The summed E-state index contributed by atoms with van der Waals surface area (Å²) >= 11 is 0. The fourth-order valence-corrected chi connectivity index (χ4v) is 1.71. The highest BCUT2D eigenvalue weighted by Gasteiger charge is 2.29. The van der Waals surface area contributed by atoms with E-state index in [9.17, 15) is 14.4 Å². The SMILES string of the molecule is [C-]#[N+]C(C)(C)COCNCCOCCOCC(=O)N1C(=O)C=CC1=O. The molecule has 1 heterocycles. The third-order valence-corrected chi connectivity index (χ3v) is 3.04. The van der Waals surface area contributed by atoms with Crippen LogP contribution in [0.3, 0.4) is 0 Å². The van der Waals surface area contributed by atoms with Gasteiger partial charge in [0.05, 0.1) is 26.6 Å². The Bertz CT molecular complexity index is 535. The predicted octanol–water partition coefficient (Wildman–Crippen LogP) is -0.267. The van der Waals surface area contributed by atoms with Crippen LogP contribution < -0.4 is 5.32 Å². The van der Waals surface area contributed by atoms with Gasteiger partial charge in [0.1, 0.15) is 13.2 Å². The molecule has 1 aliphatic rings. The summed E-state index contributed by atoms with van der Waals surface area (Å²) in [5.41, 5.74) is -0.521. The van der Waals surface area contributed by atoms with Crippen LogP contribution in [0.2, 0.25) is 0 Å². The molecule has 0 atom stereocenters. The van der Waals surface area contributed by atoms with E-state index in [1.807, 2.05) is 0 Å². The molecule has 0 aromatic heterocycles. The normalized spacial score (nSPS) is 14.2. The fourth-order valence-electron chi connectivity index (χ4n) is 1.71. The lowest BCUT2D eigenvalue weighted by Crippen LogP contribution is -2.38. The van der Waals surface area contributed by atoms with Gasteiger partial charge in [0.15, 0.2) is 0 Å². The molecule has 0 saturated carbocycles. The molecule has 0 aromatic rings. The van der Waals surface area contributed by atoms with Crippen LogP contribution in [0.25, 0.3) is 4.85 Å². The fraction of sp³-hybridized carbons (Fsp3) is 0.625. The average Bonchev–Trinajstić information content (AvgIpc) is 2.91. The van der Waals surface area contributed by atoms with Gasteiger partial charge in [0.2, 0.25) is 5.54 Å². The Morgan fingerprint density at radius 2 is 1.80 bits per heavy atom. The van der Waals surface area contributed by atoms with Crippen molar-refractivity contribution in [2.45, 2.75) is 19.4 Å². The minimum Gasteiger partial charge on any atom is -0.378 e. The molecule has 0 saturated heterocycles. The van der Waals surface area contributed by atoms with Crippen LogP contribution in [0, 0.1) is 6.57 Å². The van der Waals surface area contributed by atoms with E-state index >= 15 is 0 Å². The zero-order valence-electron chi connectivity index (χ0n) is 14.4. The lowest BCUT2D eigenvalue weighted by molar-refractivity contribution is -0.151. The first-order valence-corrected chi connectivity index (χ1v) is 7.79. The first kappa shape index (κ1) is 20.9. The van der Waals surface area contributed by atoms with Crippen molar-refractivity contribution in [2.24, 2.45) is 0 Å². The Morgan fingerprint density at radius 1 is 1.16 bits per heavy atom. The molecule has 0 spiro atoms. The van der Waals surface area contributed by atoms with E-state index in [1.165, 1.54) is 0 Å². The summed E-state index contributed by atoms with van der Waals surface area (Å²) in [6, 6.07) is 0. The molecule has 0 bridgehead atoms. The van der Waals surface area contributed by atoms with Crippen LogP contribution in [0.5, 0.6) is 0 Å². The van der Waals surface area contributed by atoms with Gasteiger partial charge in [-0.3, -0.25) is 19.7 Å². The maximum absolute atomic E-state index is 11.6. The Hall–Kier alpha value is -2.12. The summed E-state index contributed by atoms with van der Waals surface area (Å²) in [6.07, 6.45) is 2.09. The van der Waals surface area contributed by atoms with Crippen molar-refractivity contribution in [1.29, 1.82) is 0 Å². The van der Waals surface area contributed by atoms with Crippen molar-refractivity contribution in [2.75, 3.05) is 46.3 Å². The Balaban J connectivity index is 1.93. The lowest BCUT2D eigenvalue weighted by Gasteiger charge is -2.12. The maximum atomic E-state index is 11.6. The number of hydrogen-bond donors (Lipinski definition) is 1. The molecule has 9 heteroatoms. The molecule has 25 heavy (non-hydrogen) atoms. The lowest BCUT2D eigenvalue weighted by atomic mass is 10.1.